The van der Waals surface area contributed by atoms with Gasteiger partial charge in [-0.1, -0.05) is 6.07 Å². The highest BCUT2D eigenvalue weighted by Crippen LogP contribution is 2.26. The first-order valence-electron chi connectivity index (χ1n) is 5.56. The summed E-state index contributed by atoms with van der Waals surface area (Å²) in [5.41, 5.74) is 1.96. The molecular weight excluding hydrogens is 204 g/mol. The van der Waals surface area contributed by atoms with E-state index in [0.29, 0.717) is 5.88 Å². The summed E-state index contributed by atoms with van der Waals surface area (Å²) in [4.78, 5) is 0. The topological polar surface area (TPSA) is 47.3 Å². The summed E-state index contributed by atoms with van der Waals surface area (Å²) >= 11 is 0. The maximum Gasteiger partial charge on any atom is 0.262 e. The molecule has 16 heavy (non-hydrogen) atoms. The van der Waals surface area contributed by atoms with Gasteiger partial charge < -0.3 is 14.6 Å². The van der Waals surface area contributed by atoms with Gasteiger partial charge >= 0.3 is 0 Å². The van der Waals surface area contributed by atoms with Gasteiger partial charge in [-0.05, 0) is 42.7 Å². The number of ether oxygens (including phenoxy) is 1. The molecule has 2 aromatic rings. The van der Waals surface area contributed by atoms with E-state index in [1.54, 1.807) is 0 Å². The highest BCUT2D eigenvalue weighted by Gasteiger charge is 2.19. The van der Waals surface area contributed by atoms with Crippen LogP contribution in [0.3, 0.4) is 0 Å². The minimum absolute atomic E-state index is 0.217. The second-order valence-corrected chi connectivity index (χ2v) is 4.22. The Morgan fingerprint density at radius 1 is 1.50 bits per heavy atom. The van der Waals surface area contributed by atoms with Crippen molar-refractivity contribution in [1.82, 2.24) is 10.5 Å². The van der Waals surface area contributed by atoms with E-state index in [0.717, 1.165) is 36.0 Å². The molecule has 1 saturated heterocycles. The fraction of sp³-hybridized carbons (Fsp3) is 0.417. The van der Waals surface area contributed by atoms with Crippen LogP contribution in [0.4, 0.5) is 0 Å². The molecule has 1 aromatic heterocycles. The summed E-state index contributed by atoms with van der Waals surface area (Å²) in [6.45, 7) is 3.93. The zero-order valence-electron chi connectivity index (χ0n) is 9.19. The maximum atomic E-state index is 5.80. The molecule has 0 bridgehead atoms. The van der Waals surface area contributed by atoms with Crippen molar-refractivity contribution in [2.75, 3.05) is 13.1 Å². The Balaban J connectivity index is 1.91. The largest absolute Gasteiger partial charge is 0.470 e. The summed E-state index contributed by atoms with van der Waals surface area (Å²) in [6.07, 6.45) is 1.25. The van der Waals surface area contributed by atoms with Crippen molar-refractivity contribution in [2.24, 2.45) is 0 Å². The molecule has 0 spiro atoms. The zero-order chi connectivity index (χ0) is 11.0. The van der Waals surface area contributed by atoms with Gasteiger partial charge in [-0.15, -0.1) is 0 Å². The predicted molar refractivity (Wildman–Crippen MR) is 60.6 cm³/mol. The number of rotatable bonds is 2. The van der Waals surface area contributed by atoms with E-state index in [4.69, 9.17) is 9.26 Å². The van der Waals surface area contributed by atoms with Crippen LogP contribution in [0.1, 0.15) is 12.0 Å². The molecule has 0 saturated carbocycles. The molecule has 1 fully saturated rings. The van der Waals surface area contributed by atoms with Crippen molar-refractivity contribution in [1.29, 1.82) is 0 Å². The summed E-state index contributed by atoms with van der Waals surface area (Å²) in [5, 5.41) is 8.19. The molecule has 1 N–H and O–H groups in total. The molecular formula is C12H14N2O2. The number of nitrogens with one attached hydrogen (secondary N) is 1. The fourth-order valence-electron chi connectivity index (χ4n) is 1.99. The van der Waals surface area contributed by atoms with E-state index in [1.807, 2.05) is 25.1 Å². The number of aromatic nitrogens is 1. The number of fused-ring (bicyclic) bond motifs is 1. The van der Waals surface area contributed by atoms with Gasteiger partial charge in [0, 0.05) is 6.54 Å². The van der Waals surface area contributed by atoms with Crippen LogP contribution in [-0.2, 0) is 0 Å². The first-order chi connectivity index (χ1) is 7.83. The van der Waals surface area contributed by atoms with E-state index in [-0.39, 0.29) is 6.10 Å². The normalized spacial score (nSPS) is 20.4. The summed E-state index contributed by atoms with van der Waals surface area (Å²) < 4.78 is 11.0. The molecule has 1 atom stereocenters. The molecule has 4 heteroatoms. The van der Waals surface area contributed by atoms with E-state index >= 15 is 0 Å². The molecule has 4 nitrogen and oxygen atoms in total. The first-order valence-corrected chi connectivity index (χ1v) is 5.56. The number of benzene rings is 1. The third-order valence-electron chi connectivity index (χ3n) is 2.89. The number of nitrogens with zero attached hydrogens (tertiary/aromatic N) is 1. The summed E-state index contributed by atoms with van der Waals surface area (Å²) in [7, 11) is 0. The summed E-state index contributed by atoms with van der Waals surface area (Å²) in [6, 6.07) is 6.01. The third kappa shape index (κ3) is 1.65. The van der Waals surface area contributed by atoms with Gasteiger partial charge in [0.15, 0.2) is 5.58 Å². The number of aryl methyl sites for hydroxylation is 1. The van der Waals surface area contributed by atoms with Crippen LogP contribution in [0.2, 0.25) is 0 Å². The van der Waals surface area contributed by atoms with Crippen molar-refractivity contribution in [2.45, 2.75) is 19.4 Å². The van der Waals surface area contributed by atoms with E-state index < -0.39 is 0 Å². The standard InChI is InChI=1S/C12H14N2O2/c1-8-2-3-10-11(6-8)16-14-12(10)15-9-4-5-13-7-9/h2-3,6,9,13H,4-5,7H2,1H3. The van der Waals surface area contributed by atoms with Crippen LogP contribution in [-0.4, -0.2) is 24.4 Å². The third-order valence-corrected chi connectivity index (χ3v) is 2.89. The lowest BCUT2D eigenvalue weighted by Gasteiger charge is -2.08. The second kappa shape index (κ2) is 3.79. The highest BCUT2D eigenvalue weighted by molar-refractivity contribution is 5.82. The van der Waals surface area contributed by atoms with Crippen LogP contribution >= 0.6 is 0 Å². The Morgan fingerprint density at radius 3 is 3.25 bits per heavy atom. The molecule has 1 unspecified atom stereocenters. The van der Waals surface area contributed by atoms with Gasteiger partial charge in [-0.2, -0.15) is 0 Å². The molecule has 1 aromatic carbocycles. The van der Waals surface area contributed by atoms with E-state index in [9.17, 15) is 0 Å². The second-order valence-electron chi connectivity index (χ2n) is 4.22. The Morgan fingerprint density at radius 2 is 2.44 bits per heavy atom. The summed E-state index contributed by atoms with van der Waals surface area (Å²) in [5.74, 6) is 0.615. The van der Waals surface area contributed by atoms with Gasteiger partial charge in [0.2, 0.25) is 0 Å². The zero-order valence-corrected chi connectivity index (χ0v) is 9.19. The minimum atomic E-state index is 0.217. The molecule has 84 valence electrons. The van der Waals surface area contributed by atoms with Gasteiger partial charge in [0.25, 0.3) is 5.88 Å². The fourth-order valence-corrected chi connectivity index (χ4v) is 1.99. The Hall–Kier alpha value is -1.55. The molecule has 0 radical (unpaired) electrons. The Bertz CT molecular complexity index is 501. The number of hydrogen-bond acceptors (Lipinski definition) is 4. The molecule has 1 aliphatic rings. The Labute approximate surface area is 93.6 Å². The lowest BCUT2D eigenvalue weighted by Crippen LogP contribution is -2.19. The monoisotopic (exact) mass is 218 g/mol. The minimum Gasteiger partial charge on any atom is -0.470 e. The molecule has 2 heterocycles. The highest BCUT2D eigenvalue weighted by atomic mass is 16.5. The van der Waals surface area contributed by atoms with Crippen LogP contribution in [0.15, 0.2) is 22.7 Å². The van der Waals surface area contributed by atoms with Gasteiger partial charge in [-0.25, -0.2) is 0 Å². The maximum absolute atomic E-state index is 5.80. The molecule has 3 rings (SSSR count). The van der Waals surface area contributed by atoms with Crippen LogP contribution in [0.25, 0.3) is 11.0 Å². The lowest BCUT2D eigenvalue weighted by atomic mass is 10.2. The van der Waals surface area contributed by atoms with Crippen molar-refractivity contribution < 1.29 is 9.26 Å². The Kier molecular flexibility index (Phi) is 2.29. The quantitative estimate of drug-likeness (QED) is 0.836. The van der Waals surface area contributed by atoms with Crippen molar-refractivity contribution in [3.8, 4) is 5.88 Å². The average Bonchev–Trinajstić information content (AvgIpc) is 2.89. The van der Waals surface area contributed by atoms with Crippen molar-refractivity contribution >= 4 is 11.0 Å². The van der Waals surface area contributed by atoms with Gasteiger partial charge in [0.1, 0.15) is 6.10 Å². The van der Waals surface area contributed by atoms with Crippen LogP contribution in [0, 0.1) is 6.92 Å². The van der Waals surface area contributed by atoms with Crippen LogP contribution in [0.5, 0.6) is 5.88 Å². The molecule has 0 aliphatic carbocycles. The molecule has 1 aliphatic heterocycles. The molecule has 0 amide bonds. The lowest BCUT2D eigenvalue weighted by molar-refractivity contribution is 0.204. The predicted octanol–water partition coefficient (Wildman–Crippen LogP) is 1.88. The van der Waals surface area contributed by atoms with Crippen molar-refractivity contribution in [3.63, 3.8) is 0 Å². The van der Waals surface area contributed by atoms with E-state index in [1.165, 1.54) is 0 Å². The number of hydrogen-bond donors (Lipinski definition) is 1. The smallest absolute Gasteiger partial charge is 0.262 e. The SMILES string of the molecule is Cc1ccc2c(OC3CCNC3)noc2c1. The van der Waals surface area contributed by atoms with Crippen LogP contribution < -0.4 is 10.1 Å². The van der Waals surface area contributed by atoms with Crippen molar-refractivity contribution in [3.05, 3.63) is 23.8 Å². The van der Waals surface area contributed by atoms with E-state index in [2.05, 4.69) is 10.5 Å². The van der Waals surface area contributed by atoms with Gasteiger partial charge in [-0.3, -0.25) is 0 Å². The van der Waals surface area contributed by atoms with Gasteiger partial charge in [0.05, 0.1) is 5.39 Å². The average molecular weight is 218 g/mol. The first kappa shape index (κ1) is 9.66.